The molecule has 0 saturated carbocycles. The highest BCUT2D eigenvalue weighted by molar-refractivity contribution is 6.60. The van der Waals surface area contributed by atoms with Crippen LogP contribution in [0.25, 0.3) is 0 Å². The van der Waals surface area contributed by atoms with Crippen molar-refractivity contribution in [2.24, 2.45) is 0 Å². The number of hydrogen-bond donors (Lipinski definition) is 1. The summed E-state index contributed by atoms with van der Waals surface area (Å²) in [5.41, 5.74) is 1.22. The van der Waals surface area contributed by atoms with Gasteiger partial charge in [-0.25, -0.2) is 0 Å². The third-order valence-electron chi connectivity index (χ3n) is 1.74. The van der Waals surface area contributed by atoms with Gasteiger partial charge in [0.2, 0.25) is 4.33 Å². The van der Waals surface area contributed by atoms with Crippen LogP contribution >= 0.6 is 23.2 Å². The van der Waals surface area contributed by atoms with Crippen LogP contribution in [0.3, 0.4) is 0 Å². The summed E-state index contributed by atoms with van der Waals surface area (Å²) in [5, 5.41) is 2.55. The third-order valence-corrected chi connectivity index (χ3v) is 2.49. The minimum atomic E-state index is -1.44. The molecule has 0 atom stereocenters. The lowest BCUT2D eigenvalue weighted by atomic mass is 10.1. The molecule has 2 rings (SSSR count). The number of halogens is 2. The van der Waals surface area contributed by atoms with Crippen molar-refractivity contribution in [3.8, 4) is 0 Å². The van der Waals surface area contributed by atoms with Gasteiger partial charge in [0.25, 0.3) is 5.91 Å². The van der Waals surface area contributed by atoms with Gasteiger partial charge >= 0.3 is 0 Å². The van der Waals surface area contributed by atoms with Crippen LogP contribution in [0.1, 0.15) is 5.56 Å². The highest BCUT2D eigenvalue weighted by Gasteiger charge is 2.43. The molecular formula is C8H4Cl2NO. The van der Waals surface area contributed by atoms with Crippen LogP contribution < -0.4 is 5.32 Å². The SMILES string of the molecule is O=C1Nc2c[c]ccc2C1(Cl)Cl. The molecule has 12 heavy (non-hydrogen) atoms. The number of carbonyl (C=O) groups is 1. The van der Waals surface area contributed by atoms with Crippen LogP contribution in [0.5, 0.6) is 0 Å². The topological polar surface area (TPSA) is 29.1 Å². The fourth-order valence-electron chi connectivity index (χ4n) is 1.13. The molecule has 0 spiro atoms. The summed E-state index contributed by atoms with van der Waals surface area (Å²) in [6.45, 7) is 0. The summed E-state index contributed by atoms with van der Waals surface area (Å²) < 4.78 is -1.44. The minimum Gasteiger partial charge on any atom is -0.323 e. The molecular weight excluding hydrogens is 197 g/mol. The average molecular weight is 201 g/mol. The van der Waals surface area contributed by atoms with Crippen LogP contribution in [0.15, 0.2) is 18.2 Å². The van der Waals surface area contributed by atoms with Gasteiger partial charge in [-0.1, -0.05) is 35.3 Å². The van der Waals surface area contributed by atoms with Gasteiger partial charge in [-0.3, -0.25) is 4.79 Å². The summed E-state index contributed by atoms with van der Waals surface area (Å²) >= 11 is 11.6. The van der Waals surface area contributed by atoms with Crippen molar-refractivity contribution in [2.45, 2.75) is 4.33 Å². The Morgan fingerprint density at radius 2 is 2.25 bits per heavy atom. The largest absolute Gasteiger partial charge is 0.323 e. The first kappa shape index (κ1) is 7.90. The molecule has 1 N–H and O–H groups in total. The second kappa shape index (κ2) is 2.38. The highest BCUT2D eigenvalue weighted by Crippen LogP contribution is 2.43. The molecule has 0 fully saturated rings. The molecule has 1 aliphatic rings. The summed E-state index contributed by atoms with van der Waals surface area (Å²) in [6.07, 6.45) is 0. The van der Waals surface area contributed by atoms with E-state index in [0.717, 1.165) is 0 Å². The second-order valence-corrected chi connectivity index (χ2v) is 3.83. The molecule has 61 valence electrons. The highest BCUT2D eigenvalue weighted by atomic mass is 35.5. The molecule has 0 aromatic heterocycles. The van der Waals surface area contributed by atoms with E-state index in [9.17, 15) is 4.79 Å². The van der Waals surface area contributed by atoms with Gasteiger partial charge in [-0.15, -0.1) is 0 Å². The number of rotatable bonds is 0. The van der Waals surface area contributed by atoms with Crippen LogP contribution in [0.4, 0.5) is 5.69 Å². The van der Waals surface area contributed by atoms with Gasteiger partial charge < -0.3 is 5.32 Å². The lowest BCUT2D eigenvalue weighted by molar-refractivity contribution is -0.116. The zero-order valence-corrected chi connectivity index (χ0v) is 7.41. The zero-order valence-electron chi connectivity index (χ0n) is 5.90. The number of amides is 1. The maximum absolute atomic E-state index is 11.2. The minimum absolute atomic E-state index is 0.402. The van der Waals surface area contributed by atoms with Crippen molar-refractivity contribution in [3.63, 3.8) is 0 Å². The first-order valence-electron chi connectivity index (χ1n) is 3.32. The monoisotopic (exact) mass is 200 g/mol. The number of anilines is 1. The summed E-state index contributed by atoms with van der Waals surface area (Å²) in [6, 6.07) is 7.80. The van der Waals surface area contributed by atoms with E-state index < -0.39 is 10.2 Å². The number of alkyl halides is 2. The lowest BCUT2D eigenvalue weighted by Gasteiger charge is -2.08. The predicted octanol–water partition coefficient (Wildman–Crippen LogP) is 2.07. The smallest absolute Gasteiger partial charge is 0.265 e. The molecule has 2 nitrogen and oxygen atoms in total. The second-order valence-electron chi connectivity index (χ2n) is 2.50. The molecule has 4 heteroatoms. The van der Waals surface area contributed by atoms with Crippen LogP contribution in [0, 0.1) is 6.07 Å². The van der Waals surface area contributed by atoms with E-state index in [-0.39, 0.29) is 0 Å². The van der Waals surface area contributed by atoms with Gasteiger partial charge in [-0.05, 0) is 12.1 Å². The summed E-state index contributed by atoms with van der Waals surface area (Å²) in [7, 11) is 0. The Morgan fingerprint density at radius 1 is 1.50 bits per heavy atom. The Bertz CT molecular complexity index is 349. The maximum atomic E-state index is 11.2. The van der Waals surface area contributed by atoms with E-state index in [2.05, 4.69) is 11.4 Å². The molecule has 1 aliphatic heterocycles. The molecule has 0 saturated heterocycles. The molecule has 1 heterocycles. The molecule has 0 bridgehead atoms. The Morgan fingerprint density at radius 3 is 2.92 bits per heavy atom. The van der Waals surface area contributed by atoms with Crippen LogP contribution in [0.2, 0.25) is 0 Å². The van der Waals surface area contributed by atoms with Crippen molar-refractivity contribution in [1.29, 1.82) is 0 Å². The standard InChI is InChI=1S/C8H4Cl2NO/c9-8(10)5-3-1-2-4-6(5)11-7(8)12/h1,3-4H,(H,11,12). The van der Waals surface area contributed by atoms with Gasteiger partial charge in [-0.2, -0.15) is 0 Å². The number of benzene rings is 1. The summed E-state index contributed by atoms with van der Waals surface area (Å²) in [4.78, 5) is 11.2. The lowest BCUT2D eigenvalue weighted by Crippen LogP contribution is -2.21. The van der Waals surface area contributed by atoms with Crippen LogP contribution in [-0.4, -0.2) is 5.91 Å². The molecule has 1 amide bonds. The Hall–Kier alpha value is -0.730. The van der Waals surface area contributed by atoms with Crippen LogP contribution in [-0.2, 0) is 9.13 Å². The molecule has 1 aromatic rings. The zero-order chi connectivity index (χ0) is 8.77. The Balaban J connectivity index is 2.63. The van der Waals surface area contributed by atoms with E-state index in [1.165, 1.54) is 0 Å². The van der Waals surface area contributed by atoms with Crippen molar-refractivity contribution in [1.82, 2.24) is 0 Å². The van der Waals surface area contributed by atoms with Gasteiger partial charge in [0.05, 0.1) is 0 Å². The molecule has 0 unspecified atom stereocenters. The Labute approximate surface area is 79.5 Å². The van der Waals surface area contributed by atoms with E-state index in [1.54, 1.807) is 18.2 Å². The fourth-order valence-corrected chi connectivity index (χ4v) is 1.55. The maximum Gasteiger partial charge on any atom is 0.265 e. The molecule has 0 aliphatic carbocycles. The number of hydrogen-bond acceptors (Lipinski definition) is 1. The summed E-state index contributed by atoms with van der Waals surface area (Å²) in [5.74, 6) is -0.402. The molecule has 1 aromatic carbocycles. The average Bonchev–Trinajstić information content (AvgIpc) is 2.25. The van der Waals surface area contributed by atoms with E-state index in [4.69, 9.17) is 23.2 Å². The van der Waals surface area contributed by atoms with Crippen molar-refractivity contribution < 1.29 is 4.79 Å². The molecule has 1 radical (unpaired) electrons. The number of carbonyl (C=O) groups excluding carboxylic acids is 1. The van der Waals surface area contributed by atoms with Gasteiger partial charge in [0.15, 0.2) is 0 Å². The van der Waals surface area contributed by atoms with E-state index in [0.29, 0.717) is 11.3 Å². The Kier molecular flexibility index (Phi) is 1.56. The number of nitrogens with one attached hydrogen (secondary N) is 1. The number of fused-ring (bicyclic) bond motifs is 1. The fraction of sp³-hybridized carbons (Fsp3) is 0.125. The van der Waals surface area contributed by atoms with Gasteiger partial charge in [0.1, 0.15) is 0 Å². The van der Waals surface area contributed by atoms with Crippen molar-refractivity contribution in [3.05, 3.63) is 29.8 Å². The quantitative estimate of drug-likeness (QED) is 0.639. The third kappa shape index (κ3) is 0.919. The van der Waals surface area contributed by atoms with E-state index >= 15 is 0 Å². The van der Waals surface area contributed by atoms with Gasteiger partial charge in [0, 0.05) is 11.3 Å². The van der Waals surface area contributed by atoms with Crippen molar-refractivity contribution >= 4 is 34.8 Å². The first-order valence-corrected chi connectivity index (χ1v) is 4.08. The normalized spacial score (nSPS) is 18.7. The van der Waals surface area contributed by atoms with Crippen molar-refractivity contribution in [2.75, 3.05) is 5.32 Å². The first-order chi connectivity index (χ1) is 5.62. The van der Waals surface area contributed by atoms with E-state index in [1.807, 2.05) is 0 Å². The predicted molar refractivity (Wildman–Crippen MR) is 47.3 cm³/mol.